The molecule has 1 N–H and O–H groups in total. The van der Waals surface area contributed by atoms with Crippen LogP contribution in [0.4, 0.5) is 5.13 Å². The third kappa shape index (κ3) is 3.97. The Bertz CT molecular complexity index is 801. The van der Waals surface area contributed by atoms with Crippen molar-refractivity contribution >= 4 is 22.4 Å². The first-order valence-corrected chi connectivity index (χ1v) is 9.53. The number of hydrogen-bond donors (Lipinski definition) is 1. The van der Waals surface area contributed by atoms with E-state index in [-0.39, 0.29) is 11.8 Å². The Morgan fingerprint density at radius 3 is 2.20 bits per heavy atom. The lowest BCUT2D eigenvalue weighted by atomic mass is 9.88. The van der Waals surface area contributed by atoms with Gasteiger partial charge in [-0.1, -0.05) is 60.7 Å². The molecule has 0 saturated heterocycles. The van der Waals surface area contributed by atoms with E-state index in [1.54, 1.807) is 0 Å². The van der Waals surface area contributed by atoms with Crippen molar-refractivity contribution in [2.75, 3.05) is 5.32 Å². The van der Waals surface area contributed by atoms with Crippen LogP contribution in [0.5, 0.6) is 0 Å². The molecule has 3 aromatic rings. The largest absolute Gasteiger partial charge is 0.302 e. The molecule has 1 heterocycles. The maximum Gasteiger partial charge on any atom is 0.227 e. The summed E-state index contributed by atoms with van der Waals surface area (Å²) in [5.74, 6) is 0.669. The molecule has 25 heavy (non-hydrogen) atoms. The first kappa shape index (κ1) is 16.0. The minimum atomic E-state index is 0.00871. The number of amides is 1. The second-order valence-corrected chi connectivity index (χ2v) is 7.34. The molecule has 0 radical (unpaired) electrons. The molecule has 0 bridgehead atoms. The number of nitrogens with zero attached hydrogens (tertiary/aromatic N) is 1. The highest BCUT2D eigenvalue weighted by atomic mass is 32.1. The van der Waals surface area contributed by atoms with E-state index in [2.05, 4.69) is 39.9 Å². The molecule has 1 saturated carbocycles. The fourth-order valence-corrected chi connectivity index (χ4v) is 3.87. The maximum absolute atomic E-state index is 12.6. The Morgan fingerprint density at radius 2 is 1.64 bits per heavy atom. The average Bonchev–Trinajstić information content (AvgIpc) is 3.41. The van der Waals surface area contributed by atoms with Crippen LogP contribution in [0.2, 0.25) is 0 Å². The van der Waals surface area contributed by atoms with Crippen molar-refractivity contribution in [2.24, 2.45) is 0 Å². The molecule has 0 atom stereocenters. The molecule has 0 spiro atoms. The number of nitrogens with one attached hydrogen (secondary N) is 1. The zero-order chi connectivity index (χ0) is 17.1. The molecular formula is C21H20N2OS. The Balaban J connectivity index is 1.50. The molecule has 126 valence electrons. The van der Waals surface area contributed by atoms with E-state index >= 15 is 0 Å². The second kappa shape index (κ2) is 7.19. The van der Waals surface area contributed by atoms with Gasteiger partial charge in [0.2, 0.25) is 5.91 Å². The molecule has 1 amide bonds. The normalized spacial score (nSPS) is 13.8. The van der Waals surface area contributed by atoms with E-state index in [1.807, 2.05) is 36.4 Å². The first-order valence-electron chi connectivity index (χ1n) is 8.65. The van der Waals surface area contributed by atoms with Gasteiger partial charge in [0.1, 0.15) is 0 Å². The molecule has 1 aliphatic carbocycles. The molecular weight excluding hydrogens is 328 g/mol. The standard InChI is InChI=1S/C21H20N2OS/c24-20(23-21-22-19(14-25-21)17-11-12-17)13-18(15-7-3-1-4-8-15)16-9-5-2-6-10-16/h1-10,14,17-18H,11-13H2,(H,22,23,24). The first-order chi connectivity index (χ1) is 12.3. The predicted molar refractivity (Wildman–Crippen MR) is 102 cm³/mol. The van der Waals surface area contributed by atoms with Gasteiger partial charge in [0.15, 0.2) is 5.13 Å². The Labute approximate surface area is 151 Å². The summed E-state index contributed by atoms with van der Waals surface area (Å²) in [5, 5.41) is 5.77. The Hall–Kier alpha value is -2.46. The zero-order valence-corrected chi connectivity index (χ0v) is 14.7. The molecule has 0 unspecified atom stereocenters. The summed E-state index contributed by atoms with van der Waals surface area (Å²) in [5.41, 5.74) is 3.44. The van der Waals surface area contributed by atoms with Gasteiger partial charge < -0.3 is 5.32 Å². The van der Waals surface area contributed by atoms with Gasteiger partial charge in [0.25, 0.3) is 0 Å². The van der Waals surface area contributed by atoms with Gasteiger partial charge in [-0.05, 0) is 24.0 Å². The molecule has 1 aliphatic rings. The van der Waals surface area contributed by atoms with Crippen molar-refractivity contribution in [3.8, 4) is 0 Å². The summed E-state index contributed by atoms with van der Waals surface area (Å²) in [6.07, 6.45) is 2.86. The van der Waals surface area contributed by atoms with Crippen molar-refractivity contribution in [3.05, 3.63) is 82.9 Å². The third-order valence-electron chi connectivity index (χ3n) is 4.56. The Morgan fingerprint density at radius 1 is 1.04 bits per heavy atom. The van der Waals surface area contributed by atoms with Crippen LogP contribution in [0.25, 0.3) is 0 Å². The number of aromatic nitrogens is 1. The molecule has 0 aliphatic heterocycles. The van der Waals surface area contributed by atoms with Crippen molar-refractivity contribution in [2.45, 2.75) is 31.1 Å². The van der Waals surface area contributed by atoms with E-state index in [0.29, 0.717) is 17.5 Å². The SMILES string of the molecule is O=C(CC(c1ccccc1)c1ccccc1)Nc1nc(C2CC2)cs1. The summed E-state index contributed by atoms with van der Waals surface area (Å²) in [6.45, 7) is 0. The van der Waals surface area contributed by atoms with E-state index in [1.165, 1.54) is 24.2 Å². The fourth-order valence-electron chi connectivity index (χ4n) is 3.06. The van der Waals surface area contributed by atoms with Crippen molar-refractivity contribution in [1.29, 1.82) is 0 Å². The van der Waals surface area contributed by atoms with Gasteiger partial charge >= 0.3 is 0 Å². The molecule has 1 aromatic heterocycles. The van der Waals surface area contributed by atoms with Crippen molar-refractivity contribution in [3.63, 3.8) is 0 Å². The van der Waals surface area contributed by atoms with Gasteiger partial charge in [0.05, 0.1) is 5.69 Å². The van der Waals surface area contributed by atoms with Gasteiger partial charge in [-0.2, -0.15) is 0 Å². The number of carbonyl (C=O) groups is 1. The minimum Gasteiger partial charge on any atom is -0.302 e. The van der Waals surface area contributed by atoms with Crippen LogP contribution in [-0.4, -0.2) is 10.9 Å². The van der Waals surface area contributed by atoms with E-state index in [9.17, 15) is 4.79 Å². The third-order valence-corrected chi connectivity index (χ3v) is 5.33. The lowest BCUT2D eigenvalue weighted by Crippen LogP contribution is -2.16. The number of anilines is 1. The second-order valence-electron chi connectivity index (χ2n) is 6.48. The van der Waals surface area contributed by atoms with Crippen molar-refractivity contribution < 1.29 is 4.79 Å². The number of carbonyl (C=O) groups excluding carboxylic acids is 1. The maximum atomic E-state index is 12.6. The van der Waals surface area contributed by atoms with Crippen LogP contribution < -0.4 is 5.32 Å². The van der Waals surface area contributed by atoms with Crippen LogP contribution in [-0.2, 0) is 4.79 Å². The highest BCUT2D eigenvalue weighted by Gasteiger charge is 2.26. The predicted octanol–water partition coefficient (Wildman–Crippen LogP) is 5.18. The summed E-state index contributed by atoms with van der Waals surface area (Å²) < 4.78 is 0. The Kier molecular flexibility index (Phi) is 4.61. The highest BCUT2D eigenvalue weighted by molar-refractivity contribution is 7.13. The molecule has 2 aromatic carbocycles. The van der Waals surface area contributed by atoms with Crippen molar-refractivity contribution in [1.82, 2.24) is 4.98 Å². The van der Waals surface area contributed by atoms with Crippen LogP contribution in [0.3, 0.4) is 0 Å². The highest BCUT2D eigenvalue weighted by Crippen LogP contribution is 2.41. The summed E-state index contributed by atoms with van der Waals surface area (Å²) in [7, 11) is 0. The monoisotopic (exact) mass is 348 g/mol. The van der Waals surface area contributed by atoms with Crippen LogP contribution >= 0.6 is 11.3 Å². The number of benzene rings is 2. The van der Waals surface area contributed by atoms with Gasteiger partial charge in [-0.3, -0.25) is 4.79 Å². The molecule has 4 rings (SSSR count). The zero-order valence-electron chi connectivity index (χ0n) is 13.9. The van der Waals surface area contributed by atoms with Crippen LogP contribution in [0, 0.1) is 0 Å². The number of rotatable bonds is 6. The molecule has 3 nitrogen and oxygen atoms in total. The van der Waals surface area contributed by atoms with E-state index in [0.717, 1.165) is 16.8 Å². The average molecular weight is 348 g/mol. The van der Waals surface area contributed by atoms with Crippen LogP contribution in [0.1, 0.15) is 47.9 Å². The molecule has 4 heteroatoms. The van der Waals surface area contributed by atoms with E-state index in [4.69, 9.17) is 0 Å². The fraction of sp³-hybridized carbons (Fsp3) is 0.238. The smallest absolute Gasteiger partial charge is 0.227 e. The van der Waals surface area contributed by atoms with E-state index < -0.39 is 0 Å². The quantitative estimate of drug-likeness (QED) is 0.667. The van der Waals surface area contributed by atoms with Gasteiger partial charge in [-0.25, -0.2) is 4.98 Å². The number of hydrogen-bond acceptors (Lipinski definition) is 3. The summed E-state index contributed by atoms with van der Waals surface area (Å²) >= 11 is 1.52. The van der Waals surface area contributed by atoms with Gasteiger partial charge in [0, 0.05) is 23.6 Å². The lowest BCUT2D eigenvalue weighted by Gasteiger charge is -2.17. The summed E-state index contributed by atoms with van der Waals surface area (Å²) in [4.78, 5) is 17.2. The van der Waals surface area contributed by atoms with Crippen LogP contribution in [0.15, 0.2) is 66.0 Å². The molecule has 1 fully saturated rings. The topological polar surface area (TPSA) is 42.0 Å². The number of thiazole rings is 1. The lowest BCUT2D eigenvalue weighted by molar-refractivity contribution is -0.116. The summed E-state index contributed by atoms with van der Waals surface area (Å²) in [6, 6.07) is 20.4. The van der Waals surface area contributed by atoms with Gasteiger partial charge in [-0.15, -0.1) is 11.3 Å². The minimum absolute atomic E-state index is 0.00871.